The van der Waals surface area contributed by atoms with Gasteiger partial charge in [0.05, 0.1) is 12.3 Å². The van der Waals surface area contributed by atoms with Gasteiger partial charge in [-0.2, -0.15) is 5.10 Å². The molecule has 0 aliphatic carbocycles. The molecule has 0 amide bonds. The molecule has 1 heterocycles. The minimum Gasteiger partial charge on any atom is -0.386 e. The van der Waals surface area contributed by atoms with E-state index in [1.54, 1.807) is 14.0 Å². The number of hydrogen-bond donors (Lipinski definition) is 1. The lowest BCUT2D eigenvalue weighted by molar-refractivity contribution is 0.0640. The van der Waals surface area contributed by atoms with Crippen molar-refractivity contribution in [2.75, 3.05) is 13.7 Å². The van der Waals surface area contributed by atoms with E-state index in [1.807, 2.05) is 0 Å². The number of aryl methyl sites for hydroxylation is 2. The fourth-order valence-corrected chi connectivity index (χ4v) is 1.57. The quantitative estimate of drug-likeness (QED) is 0.801. The van der Waals surface area contributed by atoms with Crippen LogP contribution in [0, 0.1) is 6.92 Å². The summed E-state index contributed by atoms with van der Waals surface area (Å²) in [5.74, 6) is 0. The van der Waals surface area contributed by atoms with Crippen LogP contribution in [0.4, 0.5) is 0 Å². The first-order valence-electron chi connectivity index (χ1n) is 3.94. The third-order valence-corrected chi connectivity index (χ3v) is 2.30. The second-order valence-electron chi connectivity index (χ2n) is 2.88. The third kappa shape index (κ3) is 2.02. The fraction of sp³-hybridized carbons (Fsp3) is 0.625. The smallest absolute Gasteiger partial charge is 0.132 e. The highest BCUT2D eigenvalue weighted by atomic mass is 35.5. The van der Waals surface area contributed by atoms with Crippen molar-refractivity contribution in [3.05, 3.63) is 16.4 Å². The number of aromatic nitrogens is 2. The van der Waals surface area contributed by atoms with E-state index in [0.717, 1.165) is 5.69 Å². The molecule has 1 unspecified atom stereocenters. The molecule has 0 saturated heterocycles. The van der Waals surface area contributed by atoms with Crippen LogP contribution < -0.4 is 0 Å². The molecular formula is C8H13ClN2O2. The molecule has 74 valence electrons. The molecule has 0 radical (unpaired) electrons. The molecule has 0 fully saturated rings. The summed E-state index contributed by atoms with van der Waals surface area (Å²) < 4.78 is 6.36. The second kappa shape index (κ2) is 4.09. The van der Waals surface area contributed by atoms with Gasteiger partial charge in [0, 0.05) is 19.7 Å². The maximum atomic E-state index is 9.63. The van der Waals surface area contributed by atoms with Crippen LogP contribution in [-0.4, -0.2) is 28.6 Å². The summed E-state index contributed by atoms with van der Waals surface area (Å²) in [5.41, 5.74) is 1.38. The van der Waals surface area contributed by atoms with Gasteiger partial charge in [0.2, 0.25) is 0 Å². The highest BCUT2D eigenvalue weighted by molar-refractivity contribution is 6.30. The molecule has 1 N–H and O–H groups in total. The average molecular weight is 205 g/mol. The van der Waals surface area contributed by atoms with E-state index in [-0.39, 0.29) is 6.61 Å². The lowest BCUT2D eigenvalue weighted by Gasteiger charge is -2.08. The van der Waals surface area contributed by atoms with Gasteiger partial charge < -0.3 is 9.84 Å². The summed E-state index contributed by atoms with van der Waals surface area (Å²) in [5, 5.41) is 14.2. The first-order valence-corrected chi connectivity index (χ1v) is 4.31. The molecule has 0 spiro atoms. The van der Waals surface area contributed by atoms with Gasteiger partial charge in [0.25, 0.3) is 0 Å². The lowest BCUT2D eigenvalue weighted by Crippen LogP contribution is -2.06. The van der Waals surface area contributed by atoms with E-state index in [2.05, 4.69) is 5.10 Å². The Morgan fingerprint density at radius 1 is 1.69 bits per heavy atom. The normalized spacial score (nSPS) is 13.3. The number of methoxy groups -OCH3 is 1. The fourth-order valence-electron chi connectivity index (χ4n) is 1.27. The molecule has 0 aliphatic heterocycles. The Labute approximate surface area is 82.1 Å². The summed E-state index contributed by atoms with van der Waals surface area (Å²) in [6.45, 7) is 2.03. The third-order valence-electron chi connectivity index (χ3n) is 1.85. The van der Waals surface area contributed by atoms with Crippen molar-refractivity contribution in [1.82, 2.24) is 9.78 Å². The van der Waals surface area contributed by atoms with E-state index in [0.29, 0.717) is 10.7 Å². The van der Waals surface area contributed by atoms with Crippen LogP contribution in [0.3, 0.4) is 0 Å². The number of ether oxygens (including phenoxy) is 1. The number of halogens is 1. The van der Waals surface area contributed by atoms with Gasteiger partial charge in [-0.15, -0.1) is 0 Å². The highest BCUT2D eigenvalue weighted by Crippen LogP contribution is 2.25. The zero-order valence-corrected chi connectivity index (χ0v) is 8.67. The number of aliphatic hydroxyl groups excluding tert-OH is 1. The van der Waals surface area contributed by atoms with Gasteiger partial charge >= 0.3 is 0 Å². The molecule has 0 saturated carbocycles. The van der Waals surface area contributed by atoms with E-state index >= 15 is 0 Å². The molecule has 13 heavy (non-hydrogen) atoms. The average Bonchev–Trinajstić information content (AvgIpc) is 2.27. The van der Waals surface area contributed by atoms with Crippen molar-refractivity contribution in [2.24, 2.45) is 7.05 Å². The largest absolute Gasteiger partial charge is 0.386 e. The molecule has 1 rings (SSSR count). The van der Waals surface area contributed by atoms with E-state index in [1.165, 1.54) is 11.8 Å². The molecular weight excluding hydrogens is 192 g/mol. The lowest BCUT2D eigenvalue weighted by atomic mass is 10.1. The SMILES string of the molecule is COCC(O)c1c(C)nn(C)c1Cl. The molecule has 1 aromatic heterocycles. The summed E-state index contributed by atoms with van der Waals surface area (Å²) >= 11 is 5.93. The first-order chi connectivity index (χ1) is 6.07. The van der Waals surface area contributed by atoms with Crippen molar-refractivity contribution in [3.63, 3.8) is 0 Å². The Hall–Kier alpha value is -0.580. The van der Waals surface area contributed by atoms with Crippen LogP contribution in [0.5, 0.6) is 0 Å². The Bertz CT molecular complexity index is 299. The van der Waals surface area contributed by atoms with E-state index in [4.69, 9.17) is 16.3 Å². The Morgan fingerprint density at radius 3 is 2.69 bits per heavy atom. The van der Waals surface area contributed by atoms with Gasteiger partial charge in [-0.05, 0) is 6.92 Å². The summed E-state index contributed by atoms with van der Waals surface area (Å²) in [6, 6.07) is 0. The minimum absolute atomic E-state index is 0.228. The van der Waals surface area contributed by atoms with Crippen LogP contribution in [0.2, 0.25) is 5.15 Å². The predicted octanol–water partition coefficient (Wildman–Crippen LogP) is 1.06. The Balaban J connectivity index is 2.98. The molecule has 0 aliphatic rings. The second-order valence-corrected chi connectivity index (χ2v) is 3.24. The van der Waals surface area contributed by atoms with Crippen molar-refractivity contribution in [1.29, 1.82) is 0 Å². The summed E-state index contributed by atoms with van der Waals surface area (Å²) in [7, 11) is 3.27. The van der Waals surface area contributed by atoms with Crippen LogP contribution in [-0.2, 0) is 11.8 Å². The van der Waals surface area contributed by atoms with E-state index in [9.17, 15) is 5.11 Å². The predicted molar refractivity (Wildman–Crippen MR) is 49.8 cm³/mol. The van der Waals surface area contributed by atoms with Crippen LogP contribution in [0.25, 0.3) is 0 Å². The van der Waals surface area contributed by atoms with Crippen LogP contribution in [0.15, 0.2) is 0 Å². The standard InChI is InChI=1S/C8H13ClN2O2/c1-5-7(6(12)4-13-3)8(9)11(2)10-5/h6,12H,4H2,1-3H3. The molecule has 0 aromatic carbocycles. The first kappa shape index (κ1) is 10.5. The monoisotopic (exact) mass is 204 g/mol. The van der Waals surface area contributed by atoms with E-state index < -0.39 is 6.10 Å². The van der Waals surface area contributed by atoms with Gasteiger partial charge in [-0.25, -0.2) is 0 Å². The van der Waals surface area contributed by atoms with Gasteiger partial charge in [-0.3, -0.25) is 4.68 Å². The number of aliphatic hydroxyl groups is 1. The zero-order chi connectivity index (χ0) is 10.0. The number of nitrogens with zero attached hydrogens (tertiary/aromatic N) is 2. The highest BCUT2D eigenvalue weighted by Gasteiger charge is 2.18. The molecule has 4 nitrogen and oxygen atoms in total. The van der Waals surface area contributed by atoms with Crippen molar-refractivity contribution in [3.8, 4) is 0 Å². The Morgan fingerprint density at radius 2 is 2.31 bits per heavy atom. The molecule has 5 heteroatoms. The number of rotatable bonds is 3. The van der Waals surface area contributed by atoms with Gasteiger partial charge in [0.15, 0.2) is 0 Å². The minimum atomic E-state index is -0.703. The van der Waals surface area contributed by atoms with Crippen LogP contribution >= 0.6 is 11.6 Å². The summed E-state index contributed by atoms with van der Waals surface area (Å²) in [6.07, 6.45) is -0.703. The van der Waals surface area contributed by atoms with Gasteiger partial charge in [-0.1, -0.05) is 11.6 Å². The number of hydrogen-bond acceptors (Lipinski definition) is 3. The maximum absolute atomic E-state index is 9.63. The zero-order valence-electron chi connectivity index (χ0n) is 7.91. The molecule has 1 aromatic rings. The Kier molecular flexibility index (Phi) is 3.30. The van der Waals surface area contributed by atoms with Crippen molar-refractivity contribution >= 4 is 11.6 Å². The maximum Gasteiger partial charge on any atom is 0.132 e. The van der Waals surface area contributed by atoms with Crippen molar-refractivity contribution in [2.45, 2.75) is 13.0 Å². The van der Waals surface area contributed by atoms with Gasteiger partial charge in [0.1, 0.15) is 11.3 Å². The molecule has 1 atom stereocenters. The summed E-state index contributed by atoms with van der Waals surface area (Å²) in [4.78, 5) is 0. The molecule has 0 bridgehead atoms. The topological polar surface area (TPSA) is 47.3 Å². The van der Waals surface area contributed by atoms with Crippen LogP contribution in [0.1, 0.15) is 17.4 Å². The van der Waals surface area contributed by atoms with Crippen molar-refractivity contribution < 1.29 is 9.84 Å².